The minimum Gasteiger partial charge on any atom is 0 e. The minimum absolute atomic E-state index is 0. The maximum atomic E-state index is 8.54. The van der Waals surface area contributed by atoms with E-state index in [2.05, 4.69) is 0 Å². The van der Waals surface area contributed by atoms with E-state index in [-0.39, 0.29) is 31.1 Å². The van der Waals surface area contributed by atoms with Gasteiger partial charge in [0.15, 0.2) is 0 Å². The number of hydrogen-bond acceptors (Lipinski definition) is 2. The van der Waals surface area contributed by atoms with E-state index in [4.69, 9.17) is 5.63 Å². The van der Waals surface area contributed by atoms with Crippen LogP contribution in [0.25, 0.3) is 0 Å². The van der Waals surface area contributed by atoms with Crippen LogP contribution in [-0.4, -0.2) is 0 Å². The molecule has 0 radical (unpaired) electrons. The van der Waals surface area contributed by atoms with Gasteiger partial charge in [0.2, 0.25) is 0 Å². The molecule has 0 aromatic carbocycles. The molecule has 20 valence electrons. The van der Waals surface area contributed by atoms with Crippen molar-refractivity contribution in [2.45, 2.75) is 0 Å². The van der Waals surface area contributed by atoms with Crippen LogP contribution < -0.4 is 0 Å². The van der Waals surface area contributed by atoms with Gasteiger partial charge in [-0.05, 0) is 0 Å². The molecule has 0 aliphatic carbocycles. The molecule has 2 nitrogen and oxygen atoms in total. The zero-order valence-electron chi connectivity index (χ0n) is 1.82. The molecule has 0 fully saturated rings. The zero-order valence-corrected chi connectivity index (χ0v) is 8.44. The van der Waals surface area contributed by atoms with Crippen LogP contribution in [0.5, 0.6) is 0 Å². The number of hydrogen-bond donors (Lipinski definition) is 0. The van der Waals surface area contributed by atoms with Gasteiger partial charge in [-0.3, -0.25) is 0 Å². The fourth-order valence-corrected chi connectivity index (χ4v) is 0. The fraction of sp³-hybridized carbons (Fsp3) is 0. The summed E-state index contributed by atoms with van der Waals surface area (Å²) in [6, 6.07) is 0. The SMILES string of the molecule is [O]=[Zr]=[O].[U]. The van der Waals surface area contributed by atoms with Crippen LogP contribution in [0.2, 0.25) is 0 Å². The van der Waals surface area contributed by atoms with Gasteiger partial charge >= 0.3 is 28.9 Å². The Balaban J connectivity index is 0. The summed E-state index contributed by atoms with van der Waals surface area (Å²) in [5, 5.41) is 0. The van der Waals surface area contributed by atoms with Crippen LogP contribution in [0.15, 0.2) is 0 Å². The van der Waals surface area contributed by atoms with Crippen molar-refractivity contribution in [2.75, 3.05) is 0 Å². The van der Waals surface area contributed by atoms with E-state index in [9.17, 15) is 0 Å². The van der Waals surface area contributed by atoms with Gasteiger partial charge in [0.1, 0.15) is 0 Å². The first kappa shape index (κ1) is 9.11. The van der Waals surface area contributed by atoms with E-state index in [0.29, 0.717) is 0 Å². The van der Waals surface area contributed by atoms with Crippen LogP contribution in [0, 0.1) is 31.1 Å². The predicted molar refractivity (Wildman–Crippen MR) is 1.37 cm³/mol. The molecule has 0 saturated heterocycles. The summed E-state index contributed by atoms with van der Waals surface area (Å²) in [5.41, 5.74) is 0. The Morgan fingerprint density at radius 2 is 1.25 bits per heavy atom. The molecule has 0 rings (SSSR count). The summed E-state index contributed by atoms with van der Waals surface area (Å²) in [7, 11) is 0. The van der Waals surface area contributed by atoms with Gasteiger partial charge in [-0.1, -0.05) is 0 Å². The van der Waals surface area contributed by atoms with E-state index < -0.39 is 23.2 Å². The Bertz CT molecular complexity index is 27.0. The van der Waals surface area contributed by atoms with Crippen molar-refractivity contribution < 1.29 is 60.0 Å². The quantitative estimate of drug-likeness (QED) is 0.597. The molecule has 4 heavy (non-hydrogen) atoms. The Hall–Kier alpha value is 1.54. The maximum absolute atomic E-state index is 8.54. The summed E-state index contributed by atoms with van der Waals surface area (Å²) in [5.74, 6) is 0. The van der Waals surface area contributed by atoms with E-state index in [1.165, 1.54) is 0 Å². The van der Waals surface area contributed by atoms with Crippen LogP contribution in [0.3, 0.4) is 0 Å². The van der Waals surface area contributed by atoms with Crippen molar-refractivity contribution in [1.82, 2.24) is 0 Å². The van der Waals surface area contributed by atoms with Crippen molar-refractivity contribution >= 4 is 0 Å². The molecule has 0 heterocycles. The Morgan fingerprint density at radius 1 is 1.25 bits per heavy atom. The molecule has 0 spiro atoms. The second-order valence-electron chi connectivity index (χ2n) is 0.0833. The summed E-state index contributed by atoms with van der Waals surface area (Å²) in [6.45, 7) is 0. The molecular formula is O2UZr. The average molecular weight is 361 g/mol. The molecule has 0 aromatic rings. The Morgan fingerprint density at radius 3 is 1.25 bits per heavy atom. The summed E-state index contributed by atoms with van der Waals surface area (Å²) in [6.07, 6.45) is 0. The van der Waals surface area contributed by atoms with E-state index >= 15 is 0 Å². The third-order valence-electron chi connectivity index (χ3n) is 0. The zero-order chi connectivity index (χ0) is 2.71. The largest absolute Gasteiger partial charge is 0 e. The normalized spacial score (nSPS) is 2.00. The molecule has 4 heteroatoms. The summed E-state index contributed by atoms with van der Waals surface area (Å²) >= 11 is -2.27. The van der Waals surface area contributed by atoms with Crippen molar-refractivity contribution in [3.8, 4) is 0 Å². The third kappa shape index (κ3) is 9.64. The van der Waals surface area contributed by atoms with Crippen LogP contribution >= 0.6 is 0 Å². The van der Waals surface area contributed by atoms with Gasteiger partial charge in [-0.25, -0.2) is 0 Å². The van der Waals surface area contributed by atoms with Crippen molar-refractivity contribution in [2.24, 2.45) is 0 Å². The van der Waals surface area contributed by atoms with E-state index in [0.717, 1.165) is 0 Å². The monoisotopic (exact) mass is 360 g/mol. The summed E-state index contributed by atoms with van der Waals surface area (Å²) in [4.78, 5) is 0. The fourth-order valence-electron chi connectivity index (χ4n) is 0. The molecule has 0 N–H and O–H groups in total. The van der Waals surface area contributed by atoms with Crippen molar-refractivity contribution in [1.29, 1.82) is 0 Å². The standard InChI is InChI=1S/2O.U.Zr. The van der Waals surface area contributed by atoms with Crippen molar-refractivity contribution in [3.05, 3.63) is 0 Å². The molecule has 0 saturated carbocycles. The first-order valence-electron chi connectivity index (χ1n) is 0.408. The van der Waals surface area contributed by atoms with Gasteiger partial charge in [0.25, 0.3) is 0 Å². The van der Waals surface area contributed by atoms with E-state index in [1.807, 2.05) is 0 Å². The predicted octanol–water partition coefficient (Wildman–Crippen LogP) is -0.240. The molecule has 0 unspecified atom stereocenters. The molecule has 0 atom stereocenters. The maximum Gasteiger partial charge on any atom is 0 e. The molecular weight excluding hydrogens is 361 g/mol. The summed E-state index contributed by atoms with van der Waals surface area (Å²) < 4.78 is 17.1. The van der Waals surface area contributed by atoms with Gasteiger partial charge in [0, 0.05) is 31.1 Å². The Labute approximate surface area is 59.2 Å². The van der Waals surface area contributed by atoms with Gasteiger partial charge < -0.3 is 0 Å². The third-order valence-corrected chi connectivity index (χ3v) is 0. The van der Waals surface area contributed by atoms with Crippen LogP contribution in [0.4, 0.5) is 0 Å². The smallest absolute Gasteiger partial charge is 0 e. The molecule has 0 aliphatic heterocycles. The second kappa shape index (κ2) is 8.82. The molecule has 0 bridgehead atoms. The van der Waals surface area contributed by atoms with Crippen LogP contribution in [0.1, 0.15) is 0 Å². The van der Waals surface area contributed by atoms with Crippen molar-refractivity contribution in [3.63, 3.8) is 0 Å². The first-order chi connectivity index (χ1) is 1.41. The molecule has 0 aromatic heterocycles. The first-order valence-corrected chi connectivity index (χ1v) is 2.42. The van der Waals surface area contributed by atoms with E-state index in [1.54, 1.807) is 0 Å². The van der Waals surface area contributed by atoms with Gasteiger partial charge in [0.05, 0.1) is 0 Å². The molecule has 0 amide bonds. The second-order valence-corrected chi connectivity index (χ2v) is 0.493. The number of rotatable bonds is 0. The Kier molecular flexibility index (Phi) is 20.1. The van der Waals surface area contributed by atoms with Gasteiger partial charge in [-0.2, -0.15) is 0 Å². The molecule has 0 aliphatic rings. The average Bonchev–Trinajstić information content (AvgIpc) is 0.918. The van der Waals surface area contributed by atoms with Gasteiger partial charge in [-0.15, -0.1) is 0 Å². The minimum atomic E-state index is -2.27. The topological polar surface area (TPSA) is 34.1 Å². The van der Waals surface area contributed by atoms with Crippen LogP contribution in [-0.2, 0) is 28.9 Å².